The number of aliphatic hydroxyl groups is 1. The van der Waals surface area contributed by atoms with Crippen molar-refractivity contribution >= 4 is 21.4 Å². The van der Waals surface area contributed by atoms with Crippen molar-refractivity contribution in [2.45, 2.75) is 25.9 Å². The first-order valence-electron chi connectivity index (χ1n) is 5.69. The monoisotopic (exact) mass is 294 g/mol. The zero-order valence-electron chi connectivity index (χ0n) is 10.1. The minimum absolute atomic E-state index is 0.000453. The molecule has 1 unspecified atom stereocenters. The van der Waals surface area contributed by atoms with E-state index in [-0.39, 0.29) is 22.9 Å². The van der Waals surface area contributed by atoms with E-state index >= 15 is 0 Å². The van der Waals surface area contributed by atoms with Crippen LogP contribution in [0.5, 0.6) is 0 Å². The summed E-state index contributed by atoms with van der Waals surface area (Å²) in [6, 6.07) is 4.07. The molecular formula is C12H16ClFO3S. The molecule has 0 heterocycles. The maximum absolute atomic E-state index is 13.2. The third-order valence-corrected chi connectivity index (χ3v) is 4.80. The Morgan fingerprint density at radius 3 is 2.67 bits per heavy atom. The van der Waals surface area contributed by atoms with E-state index in [1.165, 1.54) is 18.2 Å². The van der Waals surface area contributed by atoms with Crippen molar-refractivity contribution in [3.63, 3.8) is 0 Å². The molecule has 0 saturated carbocycles. The van der Waals surface area contributed by atoms with Gasteiger partial charge in [0.05, 0.1) is 16.9 Å². The first-order valence-corrected chi connectivity index (χ1v) is 7.89. The summed E-state index contributed by atoms with van der Waals surface area (Å²) in [5.41, 5.74) is 0.408. The number of benzene rings is 1. The number of hydrogen-bond donors (Lipinski definition) is 1. The molecule has 1 atom stereocenters. The van der Waals surface area contributed by atoms with Crippen LogP contribution in [0.3, 0.4) is 0 Å². The zero-order valence-corrected chi connectivity index (χ0v) is 11.6. The van der Waals surface area contributed by atoms with Gasteiger partial charge in [-0.05, 0) is 30.5 Å². The maximum Gasteiger partial charge on any atom is 0.150 e. The van der Waals surface area contributed by atoms with Crippen molar-refractivity contribution in [2.24, 2.45) is 0 Å². The Morgan fingerprint density at radius 2 is 2.11 bits per heavy atom. The molecule has 1 rings (SSSR count). The van der Waals surface area contributed by atoms with Crippen LogP contribution in [0.25, 0.3) is 0 Å². The zero-order chi connectivity index (χ0) is 13.8. The normalized spacial score (nSPS) is 13.6. The highest BCUT2D eigenvalue weighted by Crippen LogP contribution is 2.23. The minimum Gasteiger partial charge on any atom is -0.388 e. The van der Waals surface area contributed by atoms with Crippen LogP contribution in [-0.4, -0.2) is 25.0 Å². The molecule has 0 aliphatic rings. The fourth-order valence-corrected chi connectivity index (χ4v) is 2.54. The number of sulfone groups is 1. The van der Waals surface area contributed by atoms with Gasteiger partial charge in [-0.3, -0.25) is 0 Å². The second kappa shape index (κ2) is 6.50. The van der Waals surface area contributed by atoms with E-state index in [9.17, 15) is 17.9 Å². The largest absolute Gasteiger partial charge is 0.388 e. The van der Waals surface area contributed by atoms with Crippen LogP contribution in [0.2, 0.25) is 5.02 Å². The van der Waals surface area contributed by atoms with Gasteiger partial charge in [-0.25, -0.2) is 12.8 Å². The summed E-state index contributed by atoms with van der Waals surface area (Å²) in [6.07, 6.45) is -0.245. The molecule has 1 N–H and O–H groups in total. The lowest BCUT2D eigenvalue weighted by Gasteiger charge is -2.11. The van der Waals surface area contributed by atoms with Gasteiger partial charge in [0, 0.05) is 5.75 Å². The number of rotatable bonds is 6. The van der Waals surface area contributed by atoms with Crippen LogP contribution >= 0.6 is 11.6 Å². The molecule has 1 aromatic carbocycles. The molecular weight excluding hydrogens is 279 g/mol. The van der Waals surface area contributed by atoms with Crippen molar-refractivity contribution in [3.05, 3.63) is 34.6 Å². The van der Waals surface area contributed by atoms with Crippen molar-refractivity contribution in [1.29, 1.82) is 0 Å². The SMILES string of the molecule is CCS(=O)(=O)CCCC(O)c1ccc(Cl)c(F)c1. The van der Waals surface area contributed by atoms with E-state index in [0.717, 1.165) is 0 Å². The van der Waals surface area contributed by atoms with Gasteiger partial charge in [0.25, 0.3) is 0 Å². The minimum atomic E-state index is -3.02. The van der Waals surface area contributed by atoms with Gasteiger partial charge in [0.1, 0.15) is 15.7 Å². The Morgan fingerprint density at radius 1 is 1.44 bits per heavy atom. The van der Waals surface area contributed by atoms with E-state index < -0.39 is 21.8 Å². The maximum atomic E-state index is 13.2. The first kappa shape index (κ1) is 15.4. The van der Waals surface area contributed by atoms with Gasteiger partial charge in [-0.2, -0.15) is 0 Å². The molecule has 0 fully saturated rings. The summed E-state index contributed by atoms with van der Waals surface area (Å²) >= 11 is 5.53. The smallest absolute Gasteiger partial charge is 0.150 e. The second-order valence-corrected chi connectivity index (χ2v) is 6.95. The highest BCUT2D eigenvalue weighted by molar-refractivity contribution is 7.91. The molecule has 0 spiro atoms. The molecule has 0 aliphatic carbocycles. The van der Waals surface area contributed by atoms with E-state index in [4.69, 9.17) is 11.6 Å². The van der Waals surface area contributed by atoms with Crippen LogP contribution in [0, 0.1) is 5.82 Å². The average Bonchev–Trinajstić information content (AvgIpc) is 2.32. The van der Waals surface area contributed by atoms with Gasteiger partial charge < -0.3 is 5.11 Å². The molecule has 6 heteroatoms. The van der Waals surface area contributed by atoms with Crippen LogP contribution in [0.15, 0.2) is 18.2 Å². The van der Waals surface area contributed by atoms with Crippen molar-refractivity contribution in [1.82, 2.24) is 0 Å². The molecule has 3 nitrogen and oxygen atoms in total. The standard InChI is InChI=1S/C12H16ClFO3S/c1-2-18(16,17)7-3-4-12(15)9-5-6-10(13)11(14)8-9/h5-6,8,12,15H,2-4,7H2,1H3. The van der Waals surface area contributed by atoms with Gasteiger partial charge in [0.15, 0.2) is 0 Å². The molecule has 1 aromatic rings. The van der Waals surface area contributed by atoms with Gasteiger partial charge in [-0.1, -0.05) is 24.6 Å². The summed E-state index contributed by atoms with van der Waals surface area (Å²) in [5.74, 6) is -0.454. The average molecular weight is 295 g/mol. The van der Waals surface area contributed by atoms with Gasteiger partial charge >= 0.3 is 0 Å². The Hall–Kier alpha value is -0.650. The molecule has 18 heavy (non-hydrogen) atoms. The van der Waals surface area contributed by atoms with Crippen molar-refractivity contribution in [2.75, 3.05) is 11.5 Å². The number of hydrogen-bond acceptors (Lipinski definition) is 3. The summed E-state index contributed by atoms with van der Waals surface area (Å²) in [7, 11) is -3.02. The Balaban J connectivity index is 2.55. The van der Waals surface area contributed by atoms with E-state index in [0.29, 0.717) is 12.0 Å². The highest BCUT2D eigenvalue weighted by Gasteiger charge is 2.13. The van der Waals surface area contributed by atoms with Crippen LogP contribution in [-0.2, 0) is 9.84 Å². The van der Waals surface area contributed by atoms with E-state index in [1.54, 1.807) is 6.92 Å². The predicted octanol–water partition coefficient (Wildman–Crippen LogP) is 2.73. The molecule has 0 saturated heterocycles. The topological polar surface area (TPSA) is 54.4 Å². The van der Waals surface area contributed by atoms with Crippen LogP contribution in [0.4, 0.5) is 4.39 Å². The Labute approximate surface area is 112 Å². The Bertz CT molecular complexity index is 502. The lowest BCUT2D eigenvalue weighted by molar-refractivity contribution is 0.166. The van der Waals surface area contributed by atoms with E-state index in [2.05, 4.69) is 0 Å². The summed E-state index contributed by atoms with van der Waals surface area (Å²) in [6.45, 7) is 1.58. The Kier molecular flexibility index (Phi) is 5.56. The van der Waals surface area contributed by atoms with E-state index in [1.807, 2.05) is 0 Å². The molecule has 0 aliphatic heterocycles. The predicted molar refractivity (Wildman–Crippen MR) is 69.9 cm³/mol. The summed E-state index contributed by atoms with van der Waals surface area (Å²) in [4.78, 5) is 0. The van der Waals surface area contributed by atoms with Crippen LogP contribution in [0.1, 0.15) is 31.4 Å². The lowest BCUT2D eigenvalue weighted by atomic mass is 10.1. The second-order valence-electron chi connectivity index (χ2n) is 4.07. The summed E-state index contributed by atoms with van der Waals surface area (Å²) in [5, 5.41) is 9.80. The van der Waals surface area contributed by atoms with Crippen molar-refractivity contribution < 1.29 is 17.9 Å². The molecule has 102 valence electrons. The quantitative estimate of drug-likeness (QED) is 0.878. The third-order valence-electron chi connectivity index (χ3n) is 2.70. The number of aliphatic hydroxyl groups excluding tert-OH is 1. The van der Waals surface area contributed by atoms with Gasteiger partial charge in [-0.15, -0.1) is 0 Å². The molecule has 0 radical (unpaired) electrons. The van der Waals surface area contributed by atoms with Crippen molar-refractivity contribution in [3.8, 4) is 0 Å². The number of halogens is 2. The van der Waals surface area contributed by atoms with Gasteiger partial charge in [0.2, 0.25) is 0 Å². The lowest BCUT2D eigenvalue weighted by Crippen LogP contribution is -2.10. The molecule has 0 amide bonds. The van der Waals surface area contributed by atoms with Crippen LogP contribution < -0.4 is 0 Å². The molecule has 0 bridgehead atoms. The molecule has 0 aromatic heterocycles. The fraction of sp³-hybridized carbons (Fsp3) is 0.500. The highest BCUT2D eigenvalue weighted by atomic mass is 35.5. The fourth-order valence-electron chi connectivity index (χ4n) is 1.53. The third kappa shape index (κ3) is 4.55. The first-order chi connectivity index (χ1) is 8.35. The summed E-state index contributed by atoms with van der Waals surface area (Å²) < 4.78 is 35.7.